The monoisotopic (exact) mass is 251 g/mol. The van der Waals surface area contributed by atoms with Crippen molar-refractivity contribution >= 4 is 12.1 Å². The lowest BCUT2D eigenvalue weighted by Gasteiger charge is -2.15. The molecule has 0 saturated carbocycles. The maximum absolute atomic E-state index is 11.6. The van der Waals surface area contributed by atoms with Crippen LogP contribution < -0.4 is 4.74 Å². The Hall–Kier alpha value is -2.04. The largest absolute Gasteiger partial charge is 0.481 e. The molecule has 1 rings (SSSR count). The normalized spacial score (nSPS) is 9.89. The fourth-order valence-electron chi connectivity index (χ4n) is 1.33. The minimum atomic E-state index is -0.943. The Labute approximate surface area is 106 Å². The van der Waals surface area contributed by atoms with Crippen LogP contribution in [-0.4, -0.2) is 35.7 Å². The molecule has 1 N–H and O–H groups in total. The molecule has 1 aromatic carbocycles. The summed E-state index contributed by atoms with van der Waals surface area (Å²) < 4.78 is 5.10. The van der Waals surface area contributed by atoms with Crippen molar-refractivity contribution in [2.45, 2.75) is 19.8 Å². The van der Waals surface area contributed by atoms with Crippen LogP contribution in [0.25, 0.3) is 0 Å². The predicted octanol–water partition coefficient (Wildman–Crippen LogP) is 2.15. The molecule has 5 heteroatoms. The molecule has 5 nitrogen and oxygen atoms in total. The van der Waals surface area contributed by atoms with Crippen molar-refractivity contribution in [2.75, 3.05) is 13.6 Å². The van der Waals surface area contributed by atoms with E-state index in [4.69, 9.17) is 9.84 Å². The third-order valence-corrected chi connectivity index (χ3v) is 2.51. The van der Waals surface area contributed by atoms with E-state index in [9.17, 15) is 9.59 Å². The lowest BCUT2D eigenvalue weighted by Crippen LogP contribution is -2.31. The van der Waals surface area contributed by atoms with E-state index in [0.29, 0.717) is 5.75 Å². The Kier molecular flexibility index (Phi) is 5.17. The van der Waals surface area contributed by atoms with Crippen molar-refractivity contribution < 1.29 is 19.4 Å². The number of aliphatic carboxylic acids is 1. The first-order valence-electron chi connectivity index (χ1n) is 5.76. The molecule has 0 fully saturated rings. The Morgan fingerprint density at radius 2 is 1.89 bits per heavy atom. The van der Waals surface area contributed by atoms with Gasteiger partial charge in [0, 0.05) is 13.6 Å². The summed E-state index contributed by atoms with van der Waals surface area (Å²) in [6, 6.07) is 7.23. The SMILES string of the molecule is CCc1ccc(OC(=O)N(C)CCC(=O)O)cc1. The first-order valence-corrected chi connectivity index (χ1v) is 5.76. The van der Waals surface area contributed by atoms with Crippen molar-refractivity contribution in [1.29, 1.82) is 0 Å². The number of carboxylic acids is 1. The Balaban J connectivity index is 2.49. The maximum Gasteiger partial charge on any atom is 0.414 e. The first-order chi connectivity index (χ1) is 8.52. The molecule has 0 aliphatic heterocycles. The van der Waals surface area contributed by atoms with E-state index < -0.39 is 12.1 Å². The van der Waals surface area contributed by atoms with Crippen LogP contribution in [0.4, 0.5) is 4.79 Å². The van der Waals surface area contributed by atoms with Crippen LogP contribution in [0.5, 0.6) is 5.75 Å². The number of carbonyl (C=O) groups excluding carboxylic acids is 1. The summed E-state index contributed by atoms with van der Waals surface area (Å²) in [6.07, 6.45) is 0.271. The van der Waals surface area contributed by atoms with Gasteiger partial charge in [-0.1, -0.05) is 19.1 Å². The van der Waals surface area contributed by atoms with Gasteiger partial charge in [-0.3, -0.25) is 4.79 Å². The quantitative estimate of drug-likeness (QED) is 0.870. The number of carboxylic acid groups (broad SMARTS) is 1. The van der Waals surface area contributed by atoms with Gasteiger partial charge in [0.2, 0.25) is 0 Å². The molecule has 0 unspecified atom stereocenters. The van der Waals surface area contributed by atoms with Gasteiger partial charge in [0.15, 0.2) is 0 Å². The second-order valence-corrected chi connectivity index (χ2v) is 3.93. The fourth-order valence-corrected chi connectivity index (χ4v) is 1.33. The van der Waals surface area contributed by atoms with Gasteiger partial charge in [-0.05, 0) is 24.1 Å². The summed E-state index contributed by atoms with van der Waals surface area (Å²) in [5, 5.41) is 8.51. The van der Waals surface area contributed by atoms with Crippen LogP contribution in [0, 0.1) is 0 Å². The van der Waals surface area contributed by atoms with E-state index in [2.05, 4.69) is 0 Å². The lowest BCUT2D eigenvalue weighted by atomic mass is 10.2. The molecule has 98 valence electrons. The minimum Gasteiger partial charge on any atom is -0.481 e. The van der Waals surface area contributed by atoms with E-state index in [1.54, 1.807) is 12.1 Å². The number of nitrogens with zero attached hydrogens (tertiary/aromatic N) is 1. The smallest absolute Gasteiger partial charge is 0.414 e. The Bertz CT molecular complexity index is 414. The number of ether oxygens (including phenoxy) is 1. The van der Waals surface area contributed by atoms with Crippen molar-refractivity contribution in [1.82, 2.24) is 4.90 Å². The van der Waals surface area contributed by atoms with Gasteiger partial charge in [-0.15, -0.1) is 0 Å². The molecule has 1 aromatic rings. The van der Waals surface area contributed by atoms with Crippen LogP contribution in [0.1, 0.15) is 18.9 Å². The van der Waals surface area contributed by atoms with E-state index >= 15 is 0 Å². The van der Waals surface area contributed by atoms with Crippen LogP contribution in [-0.2, 0) is 11.2 Å². The third-order valence-electron chi connectivity index (χ3n) is 2.51. The van der Waals surface area contributed by atoms with Crippen molar-refractivity contribution in [3.63, 3.8) is 0 Å². The summed E-state index contributed by atoms with van der Waals surface area (Å²) in [4.78, 5) is 23.2. The molecule has 0 saturated heterocycles. The van der Waals surface area contributed by atoms with Gasteiger partial charge in [0.1, 0.15) is 5.75 Å². The van der Waals surface area contributed by atoms with E-state index in [-0.39, 0.29) is 13.0 Å². The fraction of sp³-hybridized carbons (Fsp3) is 0.385. The van der Waals surface area contributed by atoms with Crippen LogP contribution in [0.15, 0.2) is 24.3 Å². The molecule has 0 aliphatic rings. The summed E-state index contributed by atoms with van der Waals surface area (Å²) >= 11 is 0. The van der Waals surface area contributed by atoms with Crippen LogP contribution in [0.2, 0.25) is 0 Å². The molecule has 1 amide bonds. The van der Waals surface area contributed by atoms with Crippen molar-refractivity contribution in [3.05, 3.63) is 29.8 Å². The molecule has 18 heavy (non-hydrogen) atoms. The molecular formula is C13H17NO4. The predicted molar refractivity (Wildman–Crippen MR) is 66.7 cm³/mol. The molecule has 0 radical (unpaired) electrons. The van der Waals surface area contributed by atoms with Gasteiger partial charge in [-0.2, -0.15) is 0 Å². The standard InChI is InChI=1S/C13H17NO4/c1-3-10-4-6-11(7-5-10)18-13(17)14(2)9-8-12(15)16/h4-7H,3,8-9H2,1-2H3,(H,15,16). The number of hydrogen-bond donors (Lipinski definition) is 1. The highest BCUT2D eigenvalue weighted by Gasteiger charge is 2.12. The molecule has 0 heterocycles. The van der Waals surface area contributed by atoms with Crippen LogP contribution >= 0.6 is 0 Å². The molecule has 0 aliphatic carbocycles. The van der Waals surface area contributed by atoms with E-state index in [1.165, 1.54) is 11.9 Å². The number of rotatable bonds is 5. The average Bonchev–Trinajstić information content (AvgIpc) is 2.36. The lowest BCUT2D eigenvalue weighted by molar-refractivity contribution is -0.137. The molecule has 0 aromatic heterocycles. The Morgan fingerprint density at radius 3 is 2.39 bits per heavy atom. The highest BCUT2D eigenvalue weighted by molar-refractivity contribution is 5.72. The van der Waals surface area contributed by atoms with Gasteiger partial charge in [-0.25, -0.2) is 4.79 Å². The van der Waals surface area contributed by atoms with Crippen LogP contribution in [0.3, 0.4) is 0 Å². The zero-order valence-electron chi connectivity index (χ0n) is 10.5. The van der Waals surface area contributed by atoms with E-state index in [1.807, 2.05) is 19.1 Å². The van der Waals surface area contributed by atoms with E-state index in [0.717, 1.165) is 12.0 Å². The zero-order chi connectivity index (χ0) is 13.5. The number of benzene rings is 1. The first kappa shape index (κ1) is 14.0. The number of carbonyl (C=O) groups is 2. The average molecular weight is 251 g/mol. The Morgan fingerprint density at radius 1 is 1.28 bits per heavy atom. The molecular weight excluding hydrogens is 234 g/mol. The number of hydrogen-bond acceptors (Lipinski definition) is 3. The summed E-state index contributed by atoms with van der Waals surface area (Å²) in [5.41, 5.74) is 1.16. The van der Waals surface area contributed by atoms with Crippen molar-refractivity contribution in [3.8, 4) is 5.75 Å². The van der Waals surface area contributed by atoms with Gasteiger partial charge in [0.05, 0.1) is 6.42 Å². The summed E-state index contributed by atoms with van der Waals surface area (Å²) in [6.45, 7) is 2.17. The molecule has 0 atom stereocenters. The number of amides is 1. The highest BCUT2D eigenvalue weighted by Crippen LogP contribution is 2.13. The van der Waals surface area contributed by atoms with Gasteiger partial charge in [0.25, 0.3) is 0 Å². The summed E-state index contributed by atoms with van der Waals surface area (Å²) in [5.74, 6) is -0.485. The second kappa shape index (κ2) is 6.64. The number of aryl methyl sites for hydroxylation is 1. The highest BCUT2D eigenvalue weighted by atomic mass is 16.6. The third kappa shape index (κ3) is 4.45. The second-order valence-electron chi connectivity index (χ2n) is 3.93. The minimum absolute atomic E-state index is 0.0969. The van der Waals surface area contributed by atoms with Gasteiger partial charge >= 0.3 is 12.1 Å². The summed E-state index contributed by atoms with van der Waals surface area (Å²) in [7, 11) is 1.51. The maximum atomic E-state index is 11.6. The van der Waals surface area contributed by atoms with Gasteiger partial charge < -0.3 is 14.7 Å². The van der Waals surface area contributed by atoms with Crippen molar-refractivity contribution in [2.24, 2.45) is 0 Å². The molecule has 0 bridgehead atoms. The topological polar surface area (TPSA) is 66.8 Å². The zero-order valence-corrected chi connectivity index (χ0v) is 10.5. The molecule has 0 spiro atoms.